The van der Waals surface area contributed by atoms with Gasteiger partial charge in [-0.15, -0.1) is 0 Å². The highest BCUT2D eigenvalue weighted by atomic mass is 32.2. The van der Waals surface area contributed by atoms with Crippen molar-refractivity contribution in [2.75, 3.05) is 62.2 Å². The SMILES string of the molecule is O=C(CN1CCN(c2ncccn2)CC1)N1CCS(=O)(=O)CC1. The van der Waals surface area contributed by atoms with Crippen molar-refractivity contribution in [2.24, 2.45) is 0 Å². The van der Waals surface area contributed by atoms with Crippen LogP contribution in [0.2, 0.25) is 0 Å². The first-order valence-electron chi connectivity index (χ1n) is 7.76. The van der Waals surface area contributed by atoms with E-state index >= 15 is 0 Å². The van der Waals surface area contributed by atoms with Crippen LogP contribution in [0.1, 0.15) is 0 Å². The zero-order valence-electron chi connectivity index (χ0n) is 13.0. The fourth-order valence-corrected chi connectivity index (χ4v) is 4.01. The predicted molar refractivity (Wildman–Crippen MR) is 85.9 cm³/mol. The lowest BCUT2D eigenvalue weighted by atomic mass is 10.3. The predicted octanol–water partition coefficient (Wildman–Crippen LogP) is -1.14. The molecule has 3 heterocycles. The standard InChI is InChI=1S/C14H21N5O3S/c20-13(18-8-10-23(21,22)11-9-18)12-17-4-6-19(7-5-17)14-15-2-1-3-16-14/h1-3H,4-12H2. The smallest absolute Gasteiger partial charge is 0.236 e. The van der Waals surface area contributed by atoms with Gasteiger partial charge in [0.1, 0.15) is 0 Å². The molecule has 9 heteroatoms. The van der Waals surface area contributed by atoms with Crippen LogP contribution in [0.15, 0.2) is 18.5 Å². The molecular formula is C14H21N5O3S. The fraction of sp³-hybridized carbons (Fsp3) is 0.643. The van der Waals surface area contributed by atoms with Gasteiger partial charge in [-0.2, -0.15) is 0 Å². The highest BCUT2D eigenvalue weighted by molar-refractivity contribution is 7.91. The van der Waals surface area contributed by atoms with Crippen LogP contribution in [0.4, 0.5) is 5.95 Å². The van der Waals surface area contributed by atoms with Crippen molar-refractivity contribution in [1.29, 1.82) is 0 Å². The molecule has 0 radical (unpaired) electrons. The van der Waals surface area contributed by atoms with Crippen LogP contribution in [0.5, 0.6) is 0 Å². The minimum Gasteiger partial charge on any atom is -0.340 e. The average Bonchev–Trinajstić information content (AvgIpc) is 2.56. The van der Waals surface area contributed by atoms with E-state index < -0.39 is 9.84 Å². The first kappa shape index (κ1) is 16.1. The Bertz CT molecular complexity index is 630. The molecule has 1 aromatic heterocycles. The number of amides is 1. The van der Waals surface area contributed by atoms with E-state index in [-0.39, 0.29) is 17.4 Å². The lowest BCUT2D eigenvalue weighted by Gasteiger charge is -2.35. The first-order valence-corrected chi connectivity index (χ1v) is 9.58. The van der Waals surface area contributed by atoms with E-state index in [4.69, 9.17) is 0 Å². The lowest BCUT2D eigenvalue weighted by Crippen LogP contribution is -2.52. The number of sulfone groups is 1. The molecule has 2 aliphatic heterocycles. The highest BCUT2D eigenvalue weighted by Gasteiger charge is 2.27. The molecule has 126 valence electrons. The maximum atomic E-state index is 12.3. The van der Waals surface area contributed by atoms with Crippen molar-refractivity contribution in [3.05, 3.63) is 18.5 Å². The second-order valence-electron chi connectivity index (χ2n) is 5.84. The van der Waals surface area contributed by atoms with Gasteiger partial charge in [-0.3, -0.25) is 9.69 Å². The molecule has 0 spiro atoms. The summed E-state index contributed by atoms with van der Waals surface area (Å²) in [5, 5.41) is 0. The molecule has 8 nitrogen and oxygen atoms in total. The Labute approximate surface area is 136 Å². The number of anilines is 1. The van der Waals surface area contributed by atoms with Crippen LogP contribution >= 0.6 is 0 Å². The number of aromatic nitrogens is 2. The van der Waals surface area contributed by atoms with E-state index in [0.29, 0.717) is 19.6 Å². The van der Waals surface area contributed by atoms with E-state index in [1.165, 1.54) is 0 Å². The molecule has 2 aliphatic rings. The summed E-state index contributed by atoms with van der Waals surface area (Å²) < 4.78 is 22.8. The summed E-state index contributed by atoms with van der Waals surface area (Å²) in [6, 6.07) is 1.79. The fourth-order valence-electron chi connectivity index (χ4n) is 2.81. The summed E-state index contributed by atoms with van der Waals surface area (Å²) in [7, 11) is -2.95. The average molecular weight is 339 g/mol. The molecule has 2 fully saturated rings. The third-order valence-electron chi connectivity index (χ3n) is 4.26. The van der Waals surface area contributed by atoms with Gasteiger partial charge in [0, 0.05) is 51.7 Å². The van der Waals surface area contributed by atoms with Crippen LogP contribution < -0.4 is 4.90 Å². The summed E-state index contributed by atoms with van der Waals surface area (Å²) in [4.78, 5) is 26.6. The molecule has 3 rings (SSSR count). The van der Waals surface area contributed by atoms with Gasteiger partial charge in [-0.05, 0) is 6.07 Å². The van der Waals surface area contributed by atoms with Gasteiger partial charge in [0.15, 0.2) is 9.84 Å². The van der Waals surface area contributed by atoms with Crippen molar-refractivity contribution in [3.8, 4) is 0 Å². The molecule has 0 saturated carbocycles. The minimum atomic E-state index is -2.95. The Hall–Kier alpha value is -1.74. The van der Waals surface area contributed by atoms with Gasteiger partial charge in [-0.1, -0.05) is 0 Å². The molecule has 0 atom stereocenters. The molecule has 2 saturated heterocycles. The maximum absolute atomic E-state index is 12.3. The topological polar surface area (TPSA) is 86.7 Å². The molecule has 0 unspecified atom stereocenters. The summed E-state index contributed by atoms with van der Waals surface area (Å²) in [5.74, 6) is 0.902. The summed E-state index contributed by atoms with van der Waals surface area (Å²) in [5.41, 5.74) is 0. The number of carbonyl (C=O) groups excluding carboxylic acids is 1. The Balaban J connectivity index is 1.46. The normalized spacial score (nSPS) is 22.1. The van der Waals surface area contributed by atoms with Gasteiger partial charge in [0.25, 0.3) is 0 Å². The van der Waals surface area contributed by atoms with Crippen molar-refractivity contribution in [3.63, 3.8) is 0 Å². The molecular weight excluding hydrogens is 318 g/mol. The van der Waals surface area contributed by atoms with Gasteiger partial charge in [0.05, 0.1) is 18.1 Å². The number of rotatable bonds is 3. The quantitative estimate of drug-likeness (QED) is 0.688. The van der Waals surface area contributed by atoms with E-state index in [1.807, 2.05) is 0 Å². The van der Waals surface area contributed by atoms with Gasteiger partial charge < -0.3 is 9.80 Å². The number of piperazine rings is 1. The van der Waals surface area contributed by atoms with Crippen LogP contribution in [-0.4, -0.2) is 91.4 Å². The van der Waals surface area contributed by atoms with Crippen LogP contribution in [0.3, 0.4) is 0 Å². The number of nitrogens with zero attached hydrogens (tertiary/aromatic N) is 5. The molecule has 0 aliphatic carbocycles. The molecule has 0 bridgehead atoms. The third-order valence-corrected chi connectivity index (χ3v) is 5.87. The zero-order valence-corrected chi connectivity index (χ0v) is 13.8. The second kappa shape index (κ2) is 6.79. The monoisotopic (exact) mass is 339 g/mol. The van der Waals surface area contributed by atoms with Crippen LogP contribution in [0.25, 0.3) is 0 Å². The molecule has 1 amide bonds. The molecule has 0 aromatic carbocycles. The van der Waals surface area contributed by atoms with Crippen LogP contribution in [-0.2, 0) is 14.6 Å². The van der Waals surface area contributed by atoms with Crippen molar-refractivity contribution < 1.29 is 13.2 Å². The Morgan fingerprint density at radius 3 is 2.22 bits per heavy atom. The largest absolute Gasteiger partial charge is 0.340 e. The van der Waals surface area contributed by atoms with Crippen LogP contribution in [0, 0.1) is 0 Å². The molecule has 1 aromatic rings. The van der Waals surface area contributed by atoms with E-state index in [1.54, 1.807) is 23.4 Å². The third kappa shape index (κ3) is 4.17. The van der Waals surface area contributed by atoms with Gasteiger partial charge in [0.2, 0.25) is 11.9 Å². The second-order valence-corrected chi connectivity index (χ2v) is 8.15. The van der Waals surface area contributed by atoms with E-state index in [0.717, 1.165) is 32.1 Å². The molecule has 23 heavy (non-hydrogen) atoms. The summed E-state index contributed by atoms with van der Waals surface area (Å²) in [6.07, 6.45) is 3.45. The minimum absolute atomic E-state index is 0.0179. The maximum Gasteiger partial charge on any atom is 0.236 e. The van der Waals surface area contributed by atoms with E-state index in [9.17, 15) is 13.2 Å². The Kier molecular flexibility index (Phi) is 4.76. The van der Waals surface area contributed by atoms with Crippen molar-refractivity contribution >= 4 is 21.7 Å². The molecule has 0 N–H and O–H groups in total. The van der Waals surface area contributed by atoms with Gasteiger partial charge in [-0.25, -0.2) is 18.4 Å². The Morgan fingerprint density at radius 2 is 1.61 bits per heavy atom. The first-order chi connectivity index (χ1) is 11.0. The lowest BCUT2D eigenvalue weighted by molar-refractivity contribution is -0.132. The highest BCUT2D eigenvalue weighted by Crippen LogP contribution is 2.10. The number of hydrogen-bond acceptors (Lipinski definition) is 7. The summed E-state index contributed by atoms with van der Waals surface area (Å²) in [6.45, 7) is 4.10. The number of hydrogen-bond donors (Lipinski definition) is 0. The van der Waals surface area contributed by atoms with Gasteiger partial charge >= 0.3 is 0 Å². The zero-order chi connectivity index (χ0) is 16.3. The summed E-state index contributed by atoms with van der Waals surface area (Å²) >= 11 is 0. The van der Waals surface area contributed by atoms with Crippen molar-refractivity contribution in [1.82, 2.24) is 19.8 Å². The van der Waals surface area contributed by atoms with E-state index in [2.05, 4.69) is 19.8 Å². The Morgan fingerprint density at radius 1 is 1.00 bits per heavy atom. The van der Waals surface area contributed by atoms with Crippen molar-refractivity contribution in [2.45, 2.75) is 0 Å². The number of carbonyl (C=O) groups is 1.